The Kier molecular flexibility index (Phi) is 3.83. The number of hydrogen-bond acceptors (Lipinski definition) is 3. The molecule has 0 aliphatic rings. The second-order valence-corrected chi connectivity index (χ2v) is 5.73. The van der Waals surface area contributed by atoms with Gasteiger partial charge in [-0.1, -0.05) is 11.6 Å². The van der Waals surface area contributed by atoms with Gasteiger partial charge in [0, 0.05) is 5.69 Å². The van der Waals surface area contributed by atoms with Crippen LogP contribution in [-0.2, 0) is 0 Å². The van der Waals surface area contributed by atoms with Gasteiger partial charge in [0.15, 0.2) is 0 Å². The number of hydrogen-bond donors (Lipinski definition) is 2. The van der Waals surface area contributed by atoms with Crippen LogP contribution in [0.5, 0.6) is 5.75 Å². The van der Waals surface area contributed by atoms with E-state index in [0.717, 1.165) is 11.1 Å². The molecule has 0 atom stereocenters. The zero-order chi connectivity index (χ0) is 14.2. The second-order valence-electron chi connectivity index (χ2n) is 4.47. The van der Waals surface area contributed by atoms with Crippen LogP contribution >= 0.6 is 22.9 Å². The van der Waals surface area contributed by atoms with Crippen molar-refractivity contribution in [3.05, 3.63) is 44.1 Å². The number of aryl methyl sites for hydroxylation is 3. The molecule has 0 spiro atoms. The molecular formula is C14H14ClNO2S. The van der Waals surface area contributed by atoms with E-state index in [9.17, 15) is 9.90 Å². The van der Waals surface area contributed by atoms with E-state index in [2.05, 4.69) is 5.32 Å². The van der Waals surface area contributed by atoms with Crippen molar-refractivity contribution < 1.29 is 9.90 Å². The first-order chi connectivity index (χ1) is 8.90. The van der Waals surface area contributed by atoms with E-state index in [4.69, 9.17) is 11.6 Å². The Morgan fingerprint density at radius 1 is 1.21 bits per heavy atom. The zero-order valence-corrected chi connectivity index (χ0v) is 12.4. The first-order valence-electron chi connectivity index (χ1n) is 5.75. The highest BCUT2D eigenvalue weighted by Crippen LogP contribution is 2.29. The molecule has 0 fully saturated rings. The average molecular weight is 296 g/mol. The average Bonchev–Trinajstić information content (AvgIpc) is 2.67. The van der Waals surface area contributed by atoms with Crippen LogP contribution in [0.15, 0.2) is 17.5 Å². The van der Waals surface area contributed by atoms with Gasteiger partial charge in [0.1, 0.15) is 10.6 Å². The highest BCUT2D eigenvalue weighted by Gasteiger charge is 2.16. The first-order valence-corrected chi connectivity index (χ1v) is 7.01. The molecule has 1 aromatic carbocycles. The van der Waals surface area contributed by atoms with Crippen LogP contribution < -0.4 is 5.32 Å². The van der Waals surface area contributed by atoms with Gasteiger partial charge in [-0.3, -0.25) is 4.79 Å². The van der Waals surface area contributed by atoms with Crippen LogP contribution in [0, 0.1) is 20.8 Å². The molecule has 2 aromatic rings. The third-order valence-electron chi connectivity index (χ3n) is 2.90. The van der Waals surface area contributed by atoms with Crippen molar-refractivity contribution in [1.82, 2.24) is 0 Å². The summed E-state index contributed by atoms with van der Waals surface area (Å²) in [6, 6.07) is 3.38. The molecule has 0 saturated heterocycles. The Morgan fingerprint density at radius 3 is 2.47 bits per heavy atom. The summed E-state index contributed by atoms with van der Waals surface area (Å²) in [5.41, 5.74) is 3.10. The van der Waals surface area contributed by atoms with Gasteiger partial charge in [-0.15, -0.1) is 11.3 Å². The maximum Gasteiger partial charge on any atom is 0.267 e. The second kappa shape index (κ2) is 5.23. The molecule has 5 heteroatoms. The summed E-state index contributed by atoms with van der Waals surface area (Å²) in [4.78, 5) is 12.7. The summed E-state index contributed by atoms with van der Waals surface area (Å²) in [7, 11) is 0. The molecule has 1 heterocycles. The van der Waals surface area contributed by atoms with Gasteiger partial charge in [-0.2, -0.15) is 0 Å². The summed E-state index contributed by atoms with van der Waals surface area (Å²) in [5.74, 6) is -0.00297. The molecule has 0 radical (unpaired) electrons. The van der Waals surface area contributed by atoms with Crippen molar-refractivity contribution in [2.75, 3.05) is 5.32 Å². The molecule has 2 rings (SSSR count). The summed E-state index contributed by atoms with van der Waals surface area (Å²) >= 11 is 7.40. The van der Waals surface area contributed by atoms with Crippen LogP contribution in [0.3, 0.4) is 0 Å². The number of benzene rings is 1. The first kappa shape index (κ1) is 13.9. The number of phenols is 1. The van der Waals surface area contributed by atoms with Gasteiger partial charge in [-0.25, -0.2) is 0 Å². The minimum Gasteiger partial charge on any atom is -0.508 e. The Labute approximate surface area is 120 Å². The lowest BCUT2D eigenvalue weighted by Gasteiger charge is -2.10. The maximum atomic E-state index is 12.1. The number of aromatic hydroxyl groups is 1. The smallest absolute Gasteiger partial charge is 0.267 e. The van der Waals surface area contributed by atoms with E-state index in [0.29, 0.717) is 21.2 Å². The molecule has 2 N–H and O–H groups in total. The molecule has 1 amide bonds. The van der Waals surface area contributed by atoms with Gasteiger partial charge in [0.05, 0.1) is 5.02 Å². The molecule has 1 aromatic heterocycles. The van der Waals surface area contributed by atoms with E-state index in [1.165, 1.54) is 11.3 Å². The Hall–Kier alpha value is -1.52. The molecule has 0 aliphatic carbocycles. The van der Waals surface area contributed by atoms with Crippen LogP contribution in [0.1, 0.15) is 26.4 Å². The molecule has 19 heavy (non-hydrogen) atoms. The third kappa shape index (κ3) is 2.74. The summed E-state index contributed by atoms with van der Waals surface area (Å²) < 4.78 is 0. The lowest BCUT2D eigenvalue weighted by molar-refractivity contribution is 0.103. The van der Waals surface area contributed by atoms with Crippen molar-refractivity contribution in [1.29, 1.82) is 0 Å². The van der Waals surface area contributed by atoms with E-state index < -0.39 is 0 Å². The Bertz CT molecular complexity index is 649. The van der Waals surface area contributed by atoms with Crippen molar-refractivity contribution >= 4 is 34.5 Å². The van der Waals surface area contributed by atoms with E-state index in [1.807, 2.05) is 19.2 Å². The molecule has 3 nitrogen and oxygen atoms in total. The van der Waals surface area contributed by atoms with Crippen LogP contribution in [0.4, 0.5) is 5.69 Å². The van der Waals surface area contributed by atoms with E-state index in [1.54, 1.807) is 19.1 Å². The van der Waals surface area contributed by atoms with Gasteiger partial charge in [0.25, 0.3) is 5.91 Å². The fourth-order valence-corrected chi connectivity index (χ4v) is 2.87. The monoisotopic (exact) mass is 295 g/mol. The van der Waals surface area contributed by atoms with Crippen molar-refractivity contribution in [2.45, 2.75) is 20.8 Å². The SMILES string of the molecule is Cc1cc(NC(=O)c2scc(C)c2Cl)c(C)cc1O. The third-order valence-corrected chi connectivity index (χ3v) is 4.59. The standard InChI is InChI=1S/C14H14ClNO2S/c1-7-5-11(17)8(2)4-10(7)16-14(18)13-12(15)9(3)6-19-13/h4-6,17H,1-3H3,(H,16,18). The molecule has 100 valence electrons. The minimum atomic E-state index is -0.226. The summed E-state index contributed by atoms with van der Waals surface area (Å²) in [5, 5.41) is 14.8. The maximum absolute atomic E-state index is 12.1. The van der Waals surface area contributed by atoms with Gasteiger partial charge < -0.3 is 10.4 Å². The lowest BCUT2D eigenvalue weighted by Crippen LogP contribution is -2.12. The number of rotatable bonds is 2. The molecule has 0 saturated carbocycles. The Balaban J connectivity index is 2.29. The van der Waals surface area contributed by atoms with Gasteiger partial charge in [0.2, 0.25) is 0 Å². The van der Waals surface area contributed by atoms with Crippen molar-refractivity contribution in [3.8, 4) is 5.75 Å². The summed E-state index contributed by atoms with van der Waals surface area (Å²) in [6.07, 6.45) is 0. The van der Waals surface area contributed by atoms with E-state index in [-0.39, 0.29) is 11.7 Å². The van der Waals surface area contributed by atoms with Gasteiger partial charge >= 0.3 is 0 Å². The largest absolute Gasteiger partial charge is 0.508 e. The fourth-order valence-electron chi connectivity index (χ4n) is 1.70. The minimum absolute atomic E-state index is 0.223. The van der Waals surface area contributed by atoms with Crippen molar-refractivity contribution in [2.24, 2.45) is 0 Å². The van der Waals surface area contributed by atoms with Crippen molar-refractivity contribution in [3.63, 3.8) is 0 Å². The number of halogens is 1. The zero-order valence-electron chi connectivity index (χ0n) is 10.9. The number of anilines is 1. The quantitative estimate of drug-likeness (QED) is 0.812. The predicted octanol–water partition coefficient (Wildman–Crippen LogP) is 4.28. The summed E-state index contributed by atoms with van der Waals surface area (Å²) in [6.45, 7) is 5.48. The number of amides is 1. The topological polar surface area (TPSA) is 49.3 Å². The number of carbonyl (C=O) groups is 1. The molecule has 0 unspecified atom stereocenters. The van der Waals surface area contributed by atoms with Crippen LogP contribution in [-0.4, -0.2) is 11.0 Å². The highest BCUT2D eigenvalue weighted by atomic mass is 35.5. The highest BCUT2D eigenvalue weighted by molar-refractivity contribution is 7.13. The van der Waals surface area contributed by atoms with Gasteiger partial charge in [-0.05, 0) is 55.0 Å². The molecular weight excluding hydrogens is 282 g/mol. The number of phenolic OH excluding ortho intramolecular Hbond substituents is 1. The van der Waals surface area contributed by atoms with Crippen LogP contribution in [0.2, 0.25) is 5.02 Å². The number of carbonyl (C=O) groups excluding carboxylic acids is 1. The predicted molar refractivity (Wildman–Crippen MR) is 79.6 cm³/mol. The fraction of sp³-hybridized carbons (Fsp3) is 0.214. The molecule has 0 bridgehead atoms. The van der Waals surface area contributed by atoms with Crippen LogP contribution in [0.25, 0.3) is 0 Å². The number of thiophene rings is 1. The normalized spacial score (nSPS) is 10.5. The number of nitrogens with one attached hydrogen (secondary N) is 1. The van der Waals surface area contributed by atoms with E-state index >= 15 is 0 Å². The molecule has 0 aliphatic heterocycles. The Morgan fingerprint density at radius 2 is 1.89 bits per heavy atom. The lowest BCUT2D eigenvalue weighted by atomic mass is 10.1.